The highest BCUT2D eigenvalue weighted by Crippen LogP contribution is 2.40. The molecule has 2 aromatic carbocycles. The fraction of sp³-hybridized carbons (Fsp3) is 0.263. The molecule has 0 radical (unpaired) electrons. The second kappa shape index (κ2) is 10.5. The molecule has 0 fully saturated rings. The third kappa shape index (κ3) is 6.38. The first-order valence-electron chi connectivity index (χ1n) is 8.55. The quantitative estimate of drug-likeness (QED) is 0.269. The van der Waals surface area contributed by atoms with Gasteiger partial charge in [-0.15, -0.1) is 0 Å². The van der Waals surface area contributed by atoms with Crippen molar-refractivity contribution in [3.05, 3.63) is 57.6 Å². The van der Waals surface area contributed by atoms with Crippen LogP contribution in [0.15, 0.2) is 41.6 Å². The van der Waals surface area contributed by atoms with E-state index in [4.69, 9.17) is 32.8 Å². The number of carboxylic acid groups (broad SMARTS) is 1. The Kier molecular flexibility index (Phi) is 8.35. The molecule has 0 atom stereocenters. The number of aliphatic carboxylic acids is 1. The van der Waals surface area contributed by atoms with E-state index in [1.807, 2.05) is 0 Å². The van der Waals surface area contributed by atoms with Gasteiger partial charge in [0.2, 0.25) is 0 Å². The molecule has 0 unspecified atom stereocenters. The maximum Gasteiger partial charge on any atom is 0.461 e. The second-order valence-electron chi connectivity index (χ2n) is 5.79. The molecule has 0 saturated carbocycles. The number of hydrogen-bond acceptors (Lipinski definition) is 5. The van der Waals surface area contributed by atoms with Gasteiger partial charge in [-0.3, -0.25) is 0 Å². The molecular weight excluding hydrogens is 469 g/mol. The summed E-state index contributed by atoms with van der Waals surface area (Å²) in [6.07, 6.45) is -8.88. The normalized spacial score (nSPS) is 12.1. The molecule has 168 valence electrons. The Balaban J connectivity index is 2.26. The van der Waals surface area contributed by atoms with E-state index in [1.165, 1.54) is 6.07 Å². The van der Waals surface area contributed by atoms with Gasteiger partial charge in [-0.05, 0) is 12.5 Å². The van der Waals surface area contributed by atoms with Crippen molar-refractivity contribution in [2.75, 3.05) is 6.61 Å². The maximum atomic E-state index is 13.1. The van der Waals surface area contributed by atoms with Crippen molar-refractivity contribution in [3.8, 4) is 11.5 Å². The zero-order valence-electron chi connectivity index (χ0n) is 15.8. The van der Waals surface area contributed by atoms with Crippen LogP contribution in [0.1, 0.15) is 18.1 Å². The summed E-state index contributed by atoms with van der Waals surface area (Å²) >= 11 is 11.7. The van der Waals surface area contributed by atoms with Crippen LogP contribution in [-0.4, -0.2) is 35.9 Å². The second-order valence-corrected chi connectivity index (χ2v) is 6.60. The third-order valence-electron chi connectivity index (χ3n) is 3.62. The molecule has 0 amide bonds. The van der Waals surface area contributed by atoms with Crippen LogP contribution >= 0.6 is 23.2 Å². The topological polar surface area (TPSA) is 77.4 Å². The van der Waals surface area contributed by atoms with Gasteiger partial charge in [0.05, 0.1) is 10.0 Å². The smallest absolute Gasteiger partial charge is 0.461 e. The van der Waals surface area contributed by atoms with Crippen LogP contribution in [0.5, 0.6) is 11.5 Å². The van der Waals surface area contributed by atoms with Crippen molar-refractivity contribution in [1.82, 2.24) is 0 Å². The van der Waals surface area contributed by atoms with E-state index in [9.17, 15) is 27.5 Å². The number of benzene rings is 2. The minimum absolute atomic E-state index is 0.00358. The molecule has 1 N–H and O–H groups in total. The summed E-state index contributed by atoms with van der Waals surface area (Å²) in [5.74, 6) is -2.16. The Morgan fingerprint density at radius 2 is 1.81 bits per heavy atom. The highest BCUT2D eigenvalue weighted by atomic mass is 35.5. The first-order chi connectivity index (χ1) is 14.6. The Morgan fingerprint density at radius 3 is 2.35 bits per heavy atom. The molecule has 0 saturated heterocycles. The Hall–Kier alpha value is -2.72. The van der Waals surface area contributed by atoms with E-state index < -0.39 is 34.3 Å². The lowest BCUT2D eigenvalue weighted by Gasteiger charge is -2.19. The largest absolute Gasteiger partial charge is 0.489 e. The molecule has 0 heterocycles. The molecule has 0 spiro atoms. The number of nitrogens with zero attached hydrogens (tertiary/aromatic N) is 1. The number of carboxylic acids is 1. The summed E-state index contributed by atoms with van der Waals surface area (Å²) in [7, 11) is 0. The molecular formula is C19H15Cl2F4NO5. The van der Waals surface area contributed by atoms with Crippen LogP contribution in [0, 0.1) is 0 Å². The van der Waals surface area contributed by atoms with Crippen LogP contribution in [0.2, 0.25) is 10.0 Å². The first kappa shape index (κ1) is 24.5. The standard InChI is InChI=1S/C19H15Cl2F4NO5/c1-2-30-26-15(17(27)28)12-6-4-3-5-10(12)9-29-11-7-13(20)16(14(21)8-11)31-19(24,25)18(22)23/h3-8,18H,2,9H2,1H3,(H,27,28). The maximum absolute atomic E-state index is 13.1. The summed E-state index contributed by atoms with van der Waals surface area (Å²) < 4.78 is 60.4. The molecule has 0 aliphatic carbocycles. The number of alkyl halides is 4. The third-order valence-corrected chi connectivity index (χ3v) is 4.18. The summed E-state index contributed by atoms with van der Waals surface area (Å²) in [4.78, 5) is 16.3. The molecule has 0 aromatic heterocycles. The number of hydrogen-bond donors (Lipinski definition) is 1. The van der Waals surface area contributed by atoms with Gasteiger partial charge in [-0.1, -0.05) is 52.6 Å². The fourth-order valence-corrected chi connectivity index (χ4v) is 2.81. The van der Waals surface area contributed by atoms with Crippen LogP contribution < -0.4 is 9.47 Å². The van der Waals surface area contributed by atoms with E-state index >= 15 is 0 Å². The molecule has 2 aromatic rings. The van der Waals surface area contributed by atoms with Gasteiger partial charge >= 0.3 is 18.5 Å². The van der Waals surface area contributed by atoms with Crippen molar-refractivity contribution in [1.29, 1.82) is 0 Å². The van der Waals surface area contributed by atoms with Crippen molar-refractivity contribution in [2.45, 2.75) is 26.1 Å². The minimum atomic E-state index is -4.79. The molecule has 0 bridgehead atoms. The number of halogens is 6. The predicted molar refractivity (Wildman–Crippen MR) is 105 cm³/mol. The molecule has 6 nitrogen and oxygen atoms in total. The van der Waals surface area contributed by atoms with Crippen LogP contribution in [0.4, 0.5) is 17.6 Å². The summed E-state index contributed by atoms with van der Waals surface area (Å²) in [5.41, 5.74) is 0.271. The average molecular weight is 484 g/mol. The van der Waals surface area contributed by atoms with Crippen LogP contribution in [0.3, 0.4) is 0 Å². The number of oxime groups is 1. The first-order valence-corrected chi connectivity index (χ1v) is 9.30. The number of carbonyl (C=O) groups is 1. The van der Waals surface area contributed by atoms with E-state index in [2.05, 4.69) is 9.89 Å². The van der Waals surface area contributed by atoms with Crippen LogP contribution in [-0.2, 0) is 16.2 Å². The monoisotopic (exact) mass is 483 g/mol. The lowest BCUT2D eigenvalue weighted by molar-refractivity contribution is -0.253. The van der Waals surface area contributed by atoms with Crippen molar-refractivity contribution >= 4 is 34.9 Å². The van der Waals surface area contributed by atoms with E-state index in [0.717, 1.165) is 12.1 Å². The van der Waals surface area contributed by atoms with Gasteiger partial charge < -0.3 is 19.4 Å². The zero-order valence-corrected chi connectivity index (χ0v) is 17.3. The Morgan fingerprint density at radius 1 is 1.19 bits per heavy atom. The number of ether oxygens (including phenoxy) is 2. The van der Waals surface area contributed by atoms with Gasteiger partial charge in [0.15, 0.2) is 11.5 Å². The van der Waals surface area contributed by atoms with E-state index in [0.29, 0.717) is 5.56 Å². The fourth-order valence-electron chi connectivity index (χ4n) is 2.27. The van der Waals surface area contributed by atoms with Gasteiger partial charge in [0, 0.05) is 17.7 Å². The predicted octanol–water partition coefficient (Wildman–Crippen LogP) is 5.63. The van der Waals surface area contributed by atoms with Gasteiger partial charge in [0.25, 0.3) is 0 Å². The number of rotatable bonds is 10. The van der Waals surface area contributed by atoms with Crippen molar-refractivity contribution < 1.29 is 41.8 Å². The molecule has 0 aliphatic rings. The minimum Gasteiger partial charge on any atom is -0.489 e. The molecule has 31 heavy (non-hydrogen) atoms. The molecule has 12 heteroatoms. The summed E-state index contributed by atoms with van der Waals surface area (Å²) in [6.45, 7) is 1.61. The van der Waals surface area contributed by atoms with E-state index in [-0.39, 0.29) is 30.2 Å². The highest BCUT2D eigenvalue weighted by Gasteiger charge is 2.45. The van der Waals surface area contributed by atoms with Crippen LogP contribution in [0.25, 0.3) is 0 Å². The summed E-state index contributed by atoms with van der Waals surface area (Å²) in [5, 5.41) is 12.0. The highest BCUT2D eigenvalue weighted by molar-refractivity contribution is 6.42. The lowest BCUT2D eigenvalue weighted by Crippen LogP contribution is -2.33. The Labute approximate surface area is 183 Å². The van der Waals surface area contributed by atoms with Crippen molar-refractivity contribution in [3.63, 3.8) is 0 Å². The van der Waals surface area contributed by atoms with E-state index in [1.54, 1.807) is 25.1 Å². The van der Waals surface area contributed by atoms with Crippen molar-refractivity contribution in [2.24, 2.45) is 5.16 Å². The average Bonchev–Trinajstić information content (AvgIpc) is 2.70. The molecule has 0 aliphatic heterocycles. The Bertz CT molecular complexity index is 949. The summed E-state index contributed by atoms with van der Waals surface area (Å²) in [6, 6.07) is 8.37. The lowest BCUT2D eigenvalue weighted by atomic mass is 10.0. The van der Waals surface area contributed by atoms with Gasteiger partial charge in [0.1, 0.15) is 19.0 Å². The molecule has 2 rings (SSSR count). The zero-order chi connectivity index (χ0) is 23.2. The van der Waals surface area contributed by atoms with Gasteiger partial charge in [-0.25, -0.2) is 4.79 Å². The SMILES string of the molecule is CCON=C(C(=O)O)c1ccccc1COc1cc(Cl)c(OC(F)(F)C(F)F)c(Cl)c1. The van der Waals surface area contributed by atoms with Gasteiger partial charge in [-0.2, -0.15) is 17.6 Å².